The minimum absolute atomic E-state index is 0.255. The molecule has 108 valence electrons. The molecule has 0 unspecified atom stereocenters. The molecule has 2 N–H and O–H groups in total. The number of nitrogens with zero attached hydrogens (tertiary/aromatic N) is 1. The highest BCUT2D eigenvalue weighted by molar-refractivity contribution is 6.07. The molecule has 0 fully saturated rings. The summed E-state index contributed by atoms with van der Waals surface area (Å²) >= 11 is 0. The smallest absolute Gasteiger partial charge is 0.371 e. The average Bonchev–Trinajstić information content (AvgIpc) is 2.90. The second-order valence-electron chi connectivity index (χ2n) is 4.40. The van der Waals surface area contributed by atoms with Crippen molar-refractivity contribution < 1.29 is 24.2 Å². The van der Waals surface area contributed by atoms with Crippen molar-refractivity contribution in [2.45, 2.75) is 6.54 Å². The van der Waals surface area contributed by atoms with Gasteiger partial charge in [0.05, 0.1) is 0 Å². The Morgan fingerprint density at radius 1 is 1.14 bits per heavy atom. The lowest BCUT2D eigenvalue weighted by Crippen LogP contribution is -2.03. The van der Waals surface area contributed by atoms with E-state index in [0.717, 1.165) is 5.56 Å². The lowest BCUT2D eigenvalue weighted by Gasteiger charge is -2.02. The van der Waals surface area contributed by atoms with Crippen molar-refractivity contribution in [3.05, 3.63) is 71.5 Å². The van der Waals surface area contributed by atoms with Crippen molar-refractivity contribution in [3.63, 3.8) is 0 Å². The number of carbonyl (C=O) groups excluding carboxylic acids is 1. The number of hydrogen-bond acceptors (Lipinski definition) is 3. The first-order valence-corrected chi connectivity index (χ1v) is 6.04. The predicted molar refractivity (Wildman–Crippen MR) is 72.6 cm³/mol. The van der Waals surface area contributed by atoms with E-state index < -0.39 is 17.5 Å². The first-order chi connectivity index (χ1) is 9.95. The fourth-order valence-electron chi connectivity index (χ4n) is 1.75. The number of allylic oxidation sites excluding steroid dienone is 1. The summed E-state index contributed by atoms with van der Waals surface area (Å²) in [6.45, 7) is 0.447. The quantitative estimate of drug-likeness (QED) is 0.503. The van der Waals surface area contributed by atoms with Crippen molar-refractivity contribution >= 4 is 11.8 Å². The van der Waals surface area contributed by atoms with Crippen LogP contribution in [0.5, 0.6) is 0 Å². The molecule has 1 aromatic heterocycles. The first kappa shape index (κ1) is 14.5. The van der Waals surface area contributed by atoms with Crippen LogP contribution in [0.4, 0.5) is 4.39 Å². The number of halogens is 1. The van der Waals surface area contributed by atoms with Gasteiger partial charge in [0, 0.05) is 30.6 Å². The summed E-state index contributed by atoms with van der Waals surface area (Å²) in [5.74, 6) is -3.50. The summed E-state index contributed by atoms with van der Waals surface area (Å²) < 4.78 is 14.5. The first-order valence-electron chi connectivity index (χ1n) is 6.04. The molecule has 2 aromatic rings. The van der Waals surface area contributed by atoms with Gasteiger partial charge in [-0.3, -0.25) is 4.79 Å². The van der Waals surface area contributed by atoms with Crippen LogP contribution in [0.2, 0.25) is 0 Å². The number of aliphatic hydroxyl groups excluding tert-OH is 1. The molecule has 2 rings (SSSR count). The van der Waals surface area contributed by atoms with Gasteiger partial charge in [-0.05, 0) is 23.8 Å². The van der Waals surface area contributed by atoms with E-state index in [2.05, 4.69) is 0 Å². The van der Waals surface area contributed by atoms with Crippen LogP contribution in [0, 0.1) is 5.82 Å². The number of rotatable bonds is 5. The monoisotopic (exact) mass is 289 g/mol. The molecular formula is C15H12FNO4. The number of hydrogen-bond donors (Lipinski definition) is 2. The van der Waals surface area contributed by atoms with Crippen LogP contribution in [-0.4, -0.2) is 26.5 Å². The molecule has 0 saturated heterocycles. The normalized spacial score (nSPS) is 11.4. The topological polar surface area (TPSA) is 79.5 Å². The Morgan fingerprint density at radius 3 is 2.43 bits per heavy atom. The van der Waals surface area contributed by atoms with Gasteiger partial charge in [-0.25, -0.2) is 9.18 Å². The van der Waals surface area contributed by atoms with Gasteiger partial charge in [0.25, 0.3) is 0 Å². The Morgan fingerprint density at radius 2 is 1.81 bits per heavy atom. The summed E-state index contributed by atoms with van der Waals surface area (Å²) in [6.07, 6.45) is 3.82. The molecule has 0 saturated carbocycles. The third-order valence-electron chi connectivity index (χ3n) is 2.80. The van der Waals surface area contributed by atoms with E-state index in [-0.39, 0.29) is 11.4 Å². The number of aliphatic carboxylic acids is 1. The molecule has 1 heterocycles. The molecule has 0 aliphatic carbocycles. The molecule has 0 aliphatic heterocycles. The summed E-state index contributed by atoms with van der Waals surface area (Å²) in [5, 5.41) is 17.5. The Balaban J connectivity index is 2.11. The predicted octanol–water partition coefficient (Wildman–Crippen LogP) is 2.38. The minimum atomic E-state index is -1.56. The van der Waals surface area contributed by atoms with E-state index in [0.29, 0.717) is 12.6 Å². The average molecular weight is 289 g/mol. The number of benzene rings is 1. The van der Waals surface area contributed by atoms with Gasteiger partial charge in [-0.1, -0.05) is 12.1 Å². The number of aromatic nitrogens is 1. The molecule has 0 amide bonds. The van der Waals surface area contributed by atoms with Gasteiger partial charge in [0.2, 0.25) is 5.76 Å². The van der Waals surface area contributed by atoms with Gasteiger partial charge in [0.1, 0.15) is 5.82 Å². The maximum Gasteiger partial charge on any atom is 0.371 e. The van der Waals surface area contributed by atoms with E-state index in [1.807, 2.05) is 0 Å². The Bertz CT molecular complexity index is 701. The van der Waals surface area contributed by atoms with Crippen LogP contribution in [0.3, 0.4) is 0 Å². The number of carboxylic acid groups (broad SMARTS) is 1. The van der Waals surface area contributed by atoms with E-state index >= 15 is 0 Å². The van der Waals surface area contributed by atoms with Crippen molar-refractivity contribution in [1.82, 2.24) is 4.57 Å². The van der Waals surface area contributed by atoms with Crippen molar-refractivity contribution in [1.29, 1.82) is 0 Å². The summed E-state index contributed by atoms with van der Waals surface area (Å²) in [6, 6.07) is 7.47. The van der Waals surface area contributed by atoms with Crippen molar-refractivity contribution in [2.75, 3.05) is 0 Å². The van der Waals surface area contributed by atoms with Crippen LogP contribution >= 0.6 is 0 Å². The Labute approximate surface area is 119 Å². The van der Waals surface area contributed by atoms with Gasteiger partial charge in [0.15, 0.2) is 5.78 Å². The molecular weight excluding hydrogens is 277 g/mol. The van der Waals surface area contributed by atoms with E-state index in [1.54, 1.807) is 22.9 Å². The number of ketones is 1. The maximum atomic E-state index is 12.8. The fraction of sp³-hybridized carbons (Fsp3) is 0.0667. The highest BCUT2D eigenvalue weighted by Gasteiger charge is 2.10. The van der Waals surface area contributed by atoms with Crippen LogP contribution in [-0.2, 0) is 11.3 Å². The molecule has 0 aliphatic rings. The molecule has 5 nitrogen and oxygen atoms in total. The van der Waals surface area contributed by atoms with Gasteiger partial charge in [-0.15, -0.1) is 0 Å². The Kier molecular flexibility index (Phi) is 4.18. The fourth-order valence-corrected chi connectivity index (χ4v) is 1.75. The Hall–Kier alpha value is -2.89. The van der Waals surface area contributed by atoms with Gasteiger partial charge in [-0.2, -0.15) is 0 Å². The number of aliphatic hydroxyl groups is 1. The third-order valence-corrected chi connectivity index (χ3v) is 2.80. The lowest BCUT2D eigenvalue weighted by atomic mass is 10.2. The molecule has 0 radical (unpaired) electrons. The van der Waals surface area contributed by atoms with Crippen LogP contribution in [0.15, 0.2) is 54.6 Å². The molecule has 6 heteroatoms. The summed E-state index contributed by atoms with van der Waals surface area (Å²) in [5.41, 5.74) is 1.11. The number of carboxylic acids is 1. The minimum Gasteiger partial charge on any atom is -0.502 e. The van der Waals surface area contributed by atoms with E-state index in [1.165, 1.54) is 24.4 Å². The van der Waals surface area contributed by atoms with Gasteiger partial charge >= 0.3 is 5.97 Å². The second kappa shape index (κ2) is 6.04. The SMILES string of the molecule is O=C(O)/C(O)=C/C(=O)c1ccn(Cc2ccc(F)cc2)c1. The lowest BCUT2D eigenvalue weighted by molar-refractivity contribution is -0.135. The zero-order valence-electron chi connectivity index (χ0n) is 10.9. The largest absolute Gasteiger partial charge is 0.502 e. The van der Waals surface area contributed by atoms with Crippen molar-refractivity contribution in [3.8, 4) is 0 Å². The van der Waals surface area contributed by atoms with Crippen LogP contribution in [0.25, 0.3) is 0 Å². The molecule has 0 bridgehead atoms. The zero-order valence-corrected chi connectivity index (χ0v) is 10.9. The molecule has 0 spiro atoms. The zero-order chi connectivity index (χ0) is 15.4. The molecule has 21 heavy (non-hydrogen) atoms. The molecule has 1 aromatic carbocycles. The van der Waals surface area contributed by atoms with E-state index in [9.17, 15) is 14.0 Å². The summed E-state index contributed by atoms with van der Waals surface area (Å²) in [7, 11) is 0. The highest BCUT2D eigenvalue weighted by Crippen LogP contribution is 2.09. The number of carbonyl (C=O) groups is 2. The molecule has 0 atom stereocenters. The van der Waals surface area contributed by atoms with Crippen LogP contribution in [0.1, 0.15) is 15.9 Å². The van der Waals surface area contributed by atoms with Crippen LogP contribution < -0.4 is 0 Å². The van der Waals surface area contributed by atoms with E-state index in [4.69, 9.17) is 10.2 Å². The van der Waals surface area contributed by atoms with Crippen molar-refractivity contribution in [2.24, 2.45) is 0 Å². The summed E-state index contributed by atoms with van der Waals surface area (Å²) in [4.78, 5) is 22.1. The maximum absolute atomic E-state index is 12.8. The highest BCUT2D eigenvalue weighted by atomic mass is 19.1. The standard InChI is InChI=1S/C15H12FNO4/c16-12-3-1-10(2-4-12)8-17-6-5-11(9-17)13(18)7-14(19)15(20)21/h1-7,9,19H,8H2,(H,20,21)/b14-7-. The third kappa shape index (κ3) is 3.79. The second-order valence-corrected chi connectivity index (χ2v) is 4.40. The van der Waals surface area contributed by atoms with Gasteiger partial charge < -0.3 is 14.8 Å².